The van der Waals surface area contributed by atoms with Gasteiger partial charge in [0.2, 0.25) is 23.1 Å². The van der Waals surface area contributed by atoms with Crippen LogP contribution in [0.15, 0.2) is 34.3 Å². The molecule has 0 aliphatic heterocycles. The van der Waals surface area contributed by atoms with E-state index in [4.69, 9.17) is 16.4 Å². The van der Waals surface area contributed by atoms with Gasteiger partial charge in [0.25, 0.3) is 0 Å². The maximum atomic E-state index is 12.2. The van der Waals surface area contributed by atoms with E-state index in [1.807, 2.05) is 13.0 Å². The Morgan fingerprint density at radius 2 is 1.68 bits per heavy atom. The van der Waals surface area contributed by atoms with Gasteiger partial charge in [0.1, 0.15) is 0 Å². The fourth-order valence-electron chi connectivity index (χ4n) is 1.80. The van der Waals surface area contributed by atoms with Crippen LogP contribution in [0.2, 0.25) is 0 Å². The Kier molecular flexibility index (Phi) is 5.10. The third kappa shape index (κ3) is 2.95. The lowest BCUT2D eigenvalue weighted by atomic mass is 9.90. The molecule has 19 heavy (non-hydrogen) atoms. The molecule has 0 heterocycles. The van der Waals surface area contributed by atoms with Crippen molar-refractivity contribution in [3.05, 3.63) is 41.2 Å². The van der Waals surface area contributed by atoms with Crippen LogP contribution in [0, 0.1) is 6.92 Å². The predicted octanol–water partition coefficient (Wildman–Crippen LogP) is 2.40. The highest BCUT2D eigenvalue weighted by Gasteiger charge is 2.33. The van der Waals surface area contributed by atoms with Crippen molar-refractivity contribution < 1.29 is 19.1 Å². The molecule has 0 amide bonds. The molecule has 0 fully saturated rings. The number of methoxy groups -OCH3 is 2. The van der Waals surface area contributed by atoms with Crippen LogP contribution in [0.3, 0.4) is 0 Å². The van der Waals surface area contributed by atoms with Gasteiger partial charge in [0.15, 0.2) is 0 Å². The van der Waals surface area contributed by atoms with Gasteiger partial charge in [0, 0.05) is 11.1 Å². The summed E-state index contributed by atoms with van der Waals surface area (Å²) in [5.74, 6) is -0.689. The minimum atomic E-state index is -0.312. The zero-order valence-corrected chi connectivity index (χ0v) is 11.7. The van der Waals surface area contributed by atoms with Crippen molar-refractivity contribution in [2.45, 2.75) is 26.7 Å². The first-order valence-electron chi connectivity index (χ1n) is 5.95. The second-order valence-electron chi connectivity index (χ2n) is 4.29. The molecule has 102 valence electrons. The number of ketones is 2. The SMILES string of the molecule is [CH]C/C(C)=C/CC1=C(C)C(=O)C(OC)=C(OC)C1=O. The first kappa shape index (κ1) is 15.2. The van der Waals surface area contributed by atoms with Gasteiger partial charge in [-0.05, 0) is 33.6 Å². The Morgan fingerprint density at radius 1 is 1.16 bits per heavy atom. The lowest BCUT2D eigenvalue weighted by molar-refractivity contribution is -0.121. The van der Waals surface area contributed by atoms with Crippen molar-refractivity contribution in [2.75, 3.05) is 14.2 Å². The van der Waals surface area contributed by atoms with Crippen molar-refractivity contribution >= 4 is 11.6 Å². The van der Waals surface area contributed by atoms with Gasteiger partial charge in [-0.1, -0.05) is 11.6 Å². The normalized spacial score (nSPS) is 17.2. The van der Waals surface area contributed by atoms with Crippen LogP contribution in [0.5, 0.6) is 0 Å². The molecule has 1 aliphatic rings. The van der Waals surface area contributed by atoms with Crippen LogP contribution < -0.4 is 0 Å². The van der Waals surface area contributed by atoms with E-state index in [2.05, 4.69) is 0 Å². The zero-order valence-electron chi connectivity index (χ0n) is 11.7. The van der Waals surface area contributed by atoms with E-state index in [9.17, 15) is 9.59 Å². The number of hydrogen-bond acceptors (Lipinski definition) is 4. The Hall–Kier alpha value is -1.84. The second-order valence-corrected chi connectivity index (χ2v) is 4.29. The number of carbonyl (C=O) groups is 2. The number of hydrogen-bond donors (Lipinski definition) is 0. The van der Waals surface area contributed by atoms with E-state index >= 15 is 0 Å². The van der Waals surface area contributed by atoms with Crippen LogP contribution in [-0.2, 0) is 19.1 Å². The van der Waals surface area contributed by atoms with E-state index in [1.165, 1.54) is 14.2 Å². The maximum absolute atomic E-state index is 12.2. The highest BCUT2D eigenvalue weighted by atomic mass is 16.5. The van der Waals surface area contributed by atoms with E-state index < -0.39 is 0 Å². The molecule has 0 aromatic carbocycles. The summed E-state index contributed by atoms with van der Waals surface area (Å²) >= 11 is 0. The highest BCUT2D eigenvalue weighted by Crippen LogP contribution is 2.28. The molecule has 1 aliphatic carbocycles. The average Bonchev–Trinajstić information content (AvgIpc) is 2.41. The lowest BCUT2D eigenvalue weighted by Gasteiger charge is -2.19. The molecule has 0 N–H and O–H groups in total. The van der Waals surface area contributed by atoms with Gasteiger partial charge in [0.05, 0.1) is 14.2 Å². The van der Waals surface area contributed by atoms with Crippen molar-refractivity contribution in [3.8, 4) is 0 Å². The van der Waals surface area contributed by atoms with Crippen LogP contribution in [0.1, 0.15) is 26.7 Å². The zero-order chi connectivity index (χ0) is 14.6. The molecule has 4 heteroatoms. The summed E-state index contributed by atoms with van der Waals surface area (Å²) in [6, 6.07) is 0. The highest BCUT2D eigenvalue weighted by molar-refractivity contribution is 6.23. The molecule has 2 radical (unpaired) electrons. The van der Waals surface area contributed by atoms with Crippen LogP contribution in [0.4, 0.5) is 0 Å². The van der Waals surface area contributed by atoms with Crippen LogP contribution in [0.25, 0.3) is 0 Å². The summed E-state index contributed by atoms with van der Waals surface area (Å²) in [7, 11) is 2.69. The minimum absolute atomic E-state index is 0.0340. The van der Waals surface area contributed by atoms with Crippen molar-refractivity contribution in [3.63, 3.8) is 0 Å². The molecule has 0 atom stereocenters. The van der Waals surface area contributed by atoms with Crippen molar-refractivity contribution in [1.29, 1.82) is 0 Å². The minimum Gasteiger partial charge on any atom is -0.489 e. The third-order valence-electron chi connectivity index (χ3n) is 3.07. The molecule has 0 aromatic heterocycles. The molecule has 0 saturated heterocycles. The summed E-state index contributed by atoms with van der Waals surface area (Å²) in [4.78, 5) is 24.3. The molecule has 0 unspecified atom stereocenters. The number of allylic oxidation sites excluding steroid dienone is 4. The lowest BCUT2D eigenvalue weighted by Crippen LogP contribution is -2.24. The van der Waals surface area contributed by atoms with Crippen LogP contribution in [-0.4, -0.2) is 25.8 Å². The summed E-state index contributed by atoms with van der Waals surface area (Å²) in [5.41, 5.74) is 1.78. The predicted molar refractivity (Wildman–Crippen MR) is 71.0 cm³/mol. The van der Waals surface area contributed by atoms with Gasteiger partial charge in [-0.3, -0.25) is 9.59 Å². The molecule has 0 bridgehead atoms. The first-order chi connectivity index (χ1) is 8.97. The molecule has 4 nitrogen and oxygen atoms in total. The largest absolute Gasteiger partial charge is 0.489 e. The maximum Gasteiger partial charge on any atom is 0.228 e. The van der Waals surface area contributed by atoms with Gasteiger partial charge in [-0.2, -0.15) is 0 Å². The van der Waals surface area contributed by atoms with E-state index in [-0.39, 0.29) is 23.1 Å². The van der Waals surface area contributed by atoms with E-state index in [1.54, 1.807) is 6.92 Å². The molecule has 1 rings (SSSR count). The van der Waals surface area contributed by atoms with Gasteiger partial charge >= 0.3 is 0 Å². The molecular weight excluding hydrogens is 244 g/mol. The Morgan fingerprint density at radius 3 is 2.16 bits per heavy atom. The average molecular weight is 262 g/mol. The van der Waals surface area contributed by atoms with Crippen LogP contribution >= 0.6 is 0 Å². The topological polar surface area (TPSA) is 52.6 Å². The van der Waals surface area contributed by atoms with Gasteiger partial charge in [-0.15, -0.1) is 0 Å². The van der Waals surface area contributed by atoms with Gasteiger partial charge < -0.3 is 9.47 Å². The Bertz CT molecular complexity index is 492. The monoisotopic (exact) mass is 262 g/mol. The third-order valence-corrected chi connectivity index (χ3v) is 3.07. The van der Waals surface area contributed by atoms with Gasteiger partial charge in [-0.25, -0.2) is 0 Å². The summed E-state index contributed by atoms with van der Waals surface area (Å²) in [5, 5.41) is 0. The standard InChI is InChI=1S/C15H18O4/c1-6-9(2)7-8-11-10(3)12(16)14(18-4)15(19-5)13(11)17/h1,7H,6,8H2,2-5H3/b9-7+. The number of rotatable bonds is 5. The fourth-order valence-corrected chi connectivity index (χ4v) is 1.80. The quantitative estimate of drug-likeness (QED) is 0.564. The van der Waals surface area contributed by atoms with Crippen molar-refractivity contribution in [2.24, 2.45) is 0 Å². The summed E-state index contributed by atoms with van der Waals surface area (Å²) in [6.07, 6.45) is 2.63. The number of Topliss-reactive ketones (excluding diaryl/α,β-unsaturated/α-hetero) is 2. The molecule has 0 saturated carbocycles. The molecule has 0 spiro atoms. The number of carbonyl (C=O) groups excluding carboxylic acids is 2. The number of ether oxygens (including phenoxy) is 2. The fraction of sp³-hybridized carbons (Fsp3) is 0.400. The smallest absolute Gasteiger partial charge is 0.228 e. The van der Waals surface area contributed by atoms with E-state index in [0.29, 0.717) is 24.0 Å². The van der Waals surface area contributed by atoms with E-state index in [0.717, 1.165) is 5.57 Å². The molecular formula is C15H18O4. The van der Waals surface area contributed by atoms with Crippen molar-refractivity contribution in [1.82, 2.24) is 0 Å². The summed E-state index contributed by atoms with van der Waals surface area (Å²) < 4.78 is 9.95. The Labute approximate surface area is 113 Å². The Balaban J connectivity index is 3.17. The molecule has 0 aromatic rings. The first-order valence-corrected chi connectivity index (χ1v) is 5.95. The summed E-state index contributed by atoms with van der Waals surface area (Å²) in [6.45, 7) is 8.98. The second kappa shape index (κ2) is 6.36.